The van der Waals surface area contributed by atoms with E-state index in [1.165, 1.54) is 0 Å². The maximum Gasteiger partial charge on any atom is 0.355 e. The van der Waals surface area contributed by atoms with Crippen molar-refractivity contribution in [3.05, 3.63) is 32.6 Å². The van der Waals surface area contributed by atoms with Crippen LogP contribution in [0.4, 0.5) is 0 Å². The Morgan fingerprint density at radius 2 is 1.76 bits per heavy atom. The molecule has 114 valence electrons. The third-order valence-corrected chi connectivity index (χ3v) is 3.27. The monoisotopic (exact) mass is 295 g/mol. The third kappa shape index (κ3) is 4.30. The lowest BCUT2D eigenvalue weighted by Crippen LogP contribution is -2.35. The Labute approximate surface area is 120 Å². The maximum atomic E-state index is 11.9. The van der Waals surface area contributed by atoms with Gasteiger partial charge in [0, 0.05) is 19.2 Å². The second kappa shape index (κ2) is 6.87. The Bertz CT molecular complexity index is 597. The van der Waals surface area contributed by atoms with Crippen LogP contribution in [-0.4, -0.2) is 46.4 Å². The van der Waals surface area contributed by atoms with Crippen LogP contribution >= 0.6 is 0 Å². The highest BCUT2D eigenvalue weighted by Crippen LogP contribution is 2.09. The van der Waals surface area contributed by atoms with Crippen molar-refractivity contribution in [3.8, 4) is 0 Å². The SMILES string of the molecule is O=C(OCC(=O)N1CCCCCC1)c1cc(=O)[nH]c(=O)[nH]1. The van der Waals surface area contributed by atoms with Crippen molar-refractivity contribution in [3.63, 3.8) is 0 Å². The van der Waals surface area contributed by atoms with Crippen molar-refractivity contribution in [2.24, 2.45) is 0 Å². The molecule has 0 aliphatic carbocycles. The second-order valence-electron chi connectivity index (χ2n) is 4.87. The number of ether oxygens (including phenoxy) is 1. The van der Waals surface area contributed by atoms with Crippen LogP contribution in [0.3, 0.4) is 0 Å². The van der Waals surface area contributed by atoms with Crippen LogP contribution in [0.2, 0.25) is 0 Å². The summed E-state index contributed by atoms with van der Waals surface area (Å²) in [4.78, 5) is 51.5. The fourth-order valence-corrected chi connectivity index (χ4v) is 2.20. The van der Waals surface area contributed by atoms with E-state index in [0.717, 1.165) is 31.7 Å². The van der Waals surface area contributed by atoms with Crippen LogP contribution in [0.15, 0.2) is 15.7 Å². The molecule has 1 amide bonds. The summed E-state index contributed by atoms with van der Waals surface area (Å²) in [5.74, 6) is -1.17. The van der Waals surface area contributed by atoms with E-state index in [2.05, 4.69) is 4.98 Å². The highest BCUT2D eigenvalue weighted by molar-refractivity contribution is 5.89. The number of likely N-dealkylation sites (tertiary alicyclic amines) is 1. The van der Waals surface area contributed by atoms with Crippen LogP contribution in [-0.2, 0) is 9.53 Å². The van der Waals surface area contributed by atoms with E-state index in [-0.39, 0.29) is 11.6 Å². The number of amides is 1. The summed E-state index contributed by atoms with van der Waals surface area (Å²) in [5, 5.41) is 0. The zero-order chi connectivity index (χ0) is 15.2. The average molecular weight is 295 g/mol. The topological polar surface area (TPSA) is 112 Å². The summed E-state index contributed by atoms with van der Waals surface area (Å²) in [6.07, 6.45) is 4.08. The number of carbonyl (C=O) groups excluding carboxylic acids is 2. The molecule has 0 radical (unpaired) electrons. The van der Waals surface area contributed by atoms with Crippen LogP contribution in [0.1, 0.15) is 36.2 Å². The highest BCUT2D eigenvalue weighted by Gasteiger charge is 2.18. The quantitative estimate of drug-likeness (QED) is 0.738. The molecular weight excluding hydrogens is 278 g/mol. The number of hydrogen-bond donors (Lipinski definition) is 2. The Hall–Kier alpha value is -2.38. The van der Waals surface area contributed by atoms with Gasteiger partial charge < -0.3 is 14.6 Å². The van der Waals surface area contributed by atoms with Gasteiger partial charge in [-0.25, -0.2) is 9.59 Å². The molecule has 2 N–H and O–H groups in total. The van der Waals surface area contributed by atoms with E-state index in [0.29, 0.717) is 13.1 Å². The molecule has 1 fully saturated rings. The number of H-pyrrole nitrogens is 2. The molecule has 0 aromatic carbocycles. The van der Waals surface area contributed by atoms with Crippen molar-refractivity contribution >= 4 is 11.9 Å². The van der Waals surface area contributed by atoms with Crippen molar-refractivity contribution in [2.75, 3.05) is 19.7 Å². The first-order chi connectivity index (χ1) is 10.1. The predicted octanol–water partition coefficient (Wildman–Crippen LogP) is -0.377. The molecule has 8 heteroatoms. The van der Waals surface area contributed by atoms with Crippen LogP contribution in [0.25, 0.3) is 0 Å². The smallest absolute Gasteiger partial charge is 0.355 e. The number of nitrogens with one attached hydrogen (secondary N) is 2. The molecule has 0 saturated carbocycles. The van der Waals surface area contributed by atoms with E-state index in [1.807, 2.05) is 4.98 Å². The maximum absolute atomic E-state index is 11.9. The molecule has 1 aliphatic heterocycles. The number of rotatable bonds is 3. The second-order valence-corrected chi connectivity index (χ2v) is 4.87. The Balaban J connectivity index is 1.92. The van der Waals surface area contributed by atoms with E-state index >= 15 is 0 Å². The fraction of sp³-hybridized carbons (Fsp3) is 0.538. The van der Waals surface area contributed by atoms with Gasteiger partial charge in [0.25, 0.3) is 11.5 Å². The van der Waals surface area contributed by atoms with Gasteiger partial charge in [0.1, 0.15) is 5.69 Å². The summed E-state index contributed by atoms with van der Waals surface area (Å²) in [5.41, 5.74) is -1.77. The van der Waals surface area contributed by atoms with Crippen molar-refractivity contribution in [1.82, 2.24) is 14.9 Å². The van der Waals surface area contributed by atoms with Gasteiger partial charge in [0.2, 0.25) is 0 Å². The van der Waals surface area contributed by atoms with E-state index < -0.39 is 23.8 Å². The average Bonchev–Trinajstić information content (AvgIpc) is 2.72. The van der Waals surface area contributed by atoms with Gasteiger partial charge in [0.15, 0.2) is 6.61 Å². The first-order valence-corrected chi connectivity index (χ1v) is 6.85. The van der Waals surface area contributed by atoms with Crippen molar-refractivity contribution < 1.29 is 14.3 Å². The number of esters is 1. The molecule has 21 heavy (non-hydrogen) atoms. The Kier molecular flexibility index (Phi) is 4.91. The molecule has 1 saturated heterocycles. The summed E-state index contributed by atoms with van der Waals surface area (Å²) in [7, 11) is 0. The zero-order valence-electron chi connectivity index (χ0n) is 11.5. The molecule has 1 aromatic heterocycles. The lowest BCUT2D eigenvalue weighted by Gasteiger charge is -2.19. The highest BCUT2D eigenvalue weighted by atomic mass is 16.5. The molecule has 1 aliphatic rings. The zero-order valence-corrected chi connectivity index (χ0v) is 11.5. The van der Waals surface area contributed by atoms with Gasteiger partial charge in [-0.1, -0.05) is 12.8 Å². The molecule has 0 spiro atoms. The molecule has 8 nitrogen and oxygen atoms in total. The number of nitrogens with zero attached hydrogens (tertiary/aromatic N) is 1. The first-order valence-electron chi connectivity index (χ1n) is 6.85. The predicted molar refractivity (Wildman–Crippen MR) is 73.0 cm³/mol. The summed E-state index contributed by atoms with van der Waals surface area (Å²) >= 11 is 0. The van der Waals surface area contributed by atoms with E-state index in [9.17, 15) is 19.2 Å². The van der Waals surface area contributed by atoms with Crippen molar-refractivity contribution in [1.29, 1.82) is 0 Å². The van der Waals surface area contributed by atoms with Gasteiger partial charge in [-0.05, 0) is 12.8 Å². The minimum Gasteiger partial charge on any atom is -0.451 e. The molecular formula is C13H17N3O5. The van der Waals surface area contributed by atoms with Gasteiger partial charge in [-0.3, -0.25) is 14.6 Å². The Morgan fingerprint density at radius 1 is 1.10 bits per heavy atom. The molecule has 2 heterocycles. The lowest BCUT2D eigenvalue weighted by atomic mass is 10.2. The fourth-order valence-electron chi connectivity index (χ4n) is 2.20. The largest absolute Gasteiger partial charge is 0.451 e. The number of aromatic amines is 2. The molecule has 0 atom stereocenters. The molecule has 0 bridgehead atoms. The third-order valence-electron chi connectivity index (χ3n) is 3.27. The summed E-state index contributed by atoms with van der Waals surface area (Å²) in [6, 6.07) is 0.917. The van der Waals surface area contributed by atoms with Gasteiger partial charge >= 0.3 is 11.7 Å². The van der Waals surface area contributed by atoms with Crippen LogP contribution in [0, 0.1) is 0 Å². The molecule has 2 rings (SSSR count). The van der Waals surface area contributed by atoms with Crippen molar-refractivity contribution in [2.45, 2.75) is 25.7 Å². The Morgan fingerprint density at radius 3 is 2.38 bits per heavy atom. The van der Waals surface area contributed by atoms with Gasteiger partial charge in [-0.2, -0.15) is 0 Å². The minimum absolute atomic E-state index is 0.266. The standard InChI is InChI=1S/C13H17N3O5/c17-10-7-9(14-13(20)15-10)12(19)21-8-11(18)16-5-3-1-2-4-6-16/h7H,1-6,8H2,(H2,14,15,17,20). The first kappa shape index (κ1) is 15.0. The van der Waals surface area contributed by atoms with Crippen LogP contribution < -0.4 is 11.2 Å². The van der Waals surface area contributed by atoms with E-state index in [1.54, 1.807) is 4.90 Å². The van der Waals surface area contributed by atoms with Gasteiger partial charge in [-0.15, -0.1) is 0 Å². The summed E-state index contributed by atoms with van der Waals surface area (Å²) in [6.45, 7) is 0.935. The number of hydrogen-bond acceptors (Lipinski definition) is 5. The lowest BCUT2D eigenvalue weighted by molar-refractivity contribution is -0.134. The summed E-state index contributed by atoms with van der Waals surface area (Å²) < 4.78 is 4.84. The number of carbonyl (C=O) groups is 2. The van der Waals surface area contributed by atoms with E-state index in [4.69, 9.17) is 4.74 Å². The van der Waals surface area contributed by atoms with Crippen LogP contribution in [0.5, 0.6) is 0 Å². The molecule has 1 aromatic rings. The minimum atomic E-state index is -0.902. The normalized spacial score (nSPS) is 15.3. The van der Waals surface area contributed by atoms with Gasteiger partial charge in [0.05, 0.1) is 0 Å². The molecule has 0 unspecified atom stereocenters. The number of aromatic nitrogens is 2.